The van der Waals surface area contributed by atoms with Gasteiger partial charge in [0.05, 0.1) is 5.33 Å². The molecule has 0 heterocycles. The van der Waals surface area contributed by atoms with Crippen molar-refractivity contribution >= 4 is 27.7 Å². The minimum absolute atomic E-state index is 0.148. The minimum atomic E-state index is -1.15. The van der Waals surface area contributed by atoms with Crippen molar-refractivity contribution in [1.29, 1.82) is 0 Å². The maximum atomic E-state index is 10.9. The van der Waals surface area contributed by atoms with Crippen molar-refractivity contribution in [2.24, 2.45) is 11.7 Å². The van der Waals surface area contributed by atoms with Gasteiger partial charge in [-0.2, -0.15) is 0 Å². The molecule has 0 radical (unpaired) electrons. The normalized spacial score (nSPS) is 15.5. The first-order valence-electron chi connectivity index (χ1n) is 3.07. The zero-order valence-electron chi connectivity index (χ0n) is 6.08. The van der Waals surface area contributed by atoms with Crippen molar-refractivity contribution in [3.63, 3.8) is 0 Å². The van der Waals surface area contributed by atoms with E-state index in [1.807, 2.05) is 0 Å². The van der Waals surface area contributed by atoms with Crippen LogP contribution >= 0.6 is 15.9 Å². The molecule has 0 saturated carbocycles. The van der Waals surface area contributed by atoms with Gasteiger partial charge in [-0.3, -0.25) is 9.59 Å². The van der Waals surface area contributed by atoms with Crippen molar-refractivity contribution in [3.05, 3.63) is 0 Å². The summed E-state index contributed by atoms with van der Waals surface area (Å²) in [5, 5.41) is 8.55. The summed E-state index contributed by atoms with van der Waals surface area (Å²) in [7, 11) is 0. The number of hydrogen-bond donors (Lipinski definition) is 2. The highest BCUT2D eigenvalue weighted by molar-refractivity contribution is 9.09. The highest BCUT2D eigenvalue weighted by atomic mass is 79.9. The number of aliphatic carboxylic acids is 1. The Kier molecular flexibility index (Phi) is 4.29. The zero-order chi connectivity index (χ0) is 9.02. The van der Waals surface area contributed by atoms with Gasteiger partial charge in [-0.1, -0.05) is 22.9 Å². The van der Waals surface area contributed by atoms with Gasteiger partial charge >= 0.3 is 5.97 Å². The number of carbonyl (C=O) groups is 2. The second kappa shape index (κ2) is 4.46. The molecule has 0 aromatic heterocycles. The average Bonchev–Trinajstić information content (AvgIpc) is 2.00. The number of carboxylic acids is 1. The molecule has 0 bridgehead atoms. The minimum Gasteiger partial charge on any atom is -0.480 e. The van der Waals surface area contributed by atoms with Crippen molar-refractivity contribution in [3.8, 4) is 0 Å². The quantitative estimate of drug-likeness (QED) is 0.658. The number of ketones is 1. The van der Waals surface area contributed by atoms with Gasteiger partial charge in [0.1, 0.15) is 11.8 Å². The van der Waals surface area contributed by atoms with Crippen LogP contribution in [0.5, 0.6) is 0 Å². The van der Waals surface area contributed by atoms with E-state index in [4.69, 9.17) is 10.8 Å². The summed E-state index contributed by atoms with van der Waals surface area (Å²) in [5.74, 6) is -1.97. The molecule has 0 spiro atoms. The second-order valence-electron chi connectivity index (χ2n) is 2.25. The molecule has 3 N–H and O–H groups in total. The zero-order valence-corrected chi connectivity index (χ0v) is 7.67. The highest BCUT2D eigenvalue weighted by Crippen LogP contribution is 2.04. The molecule has 4 nitrogen and oxygen atoms in total. The summed E-state index contributed by atoms with van der Waals surface area (Å²) < 4.78 is 0. The Morgan fingerprint density at radius 3 is 2.36 bits per heavy atom. The lowest BCUT2D eigenvalue weighted by Crippen LogP contribution is -2.40. The molecule has 0 rings (SSSR count). The Labute approximate surface area is 72.9 Å². The lowest BCUT2D eigenvalue weighted by molar-refractivity contribution is -0.141. The molecule has 0 fully saturated rings. The van der Waals surface area contributed by atoms with Crippen LogP contribution in [-0.2, 0) is 9.59 Å². The van der Waals surface area contributed by atoms with E-state index in [1.54, 1.807) is 0 Å². The number of nitrogens with two attached hydrogens (primary N) is 1. The van der Waals surface area contributed by atoms with Gasteiger partial charge in [-0.05, 0) is 0 Å². The van der Waals surface area contributed by atoms with E-state index in [0.717, 1.165) is 0 Å². The van der Waals surface area contributed by atoms with Gasteiger partial charge in [0.25, 0.3) is 0 Å². The molecule has 0 aliphatic carbocycles. The molecule has 5 heteroatoms. The Morgan fingerprint density at radius 1 is 1.64 bits per heavy atom. The molecule has 0 saturated heterocycles. The first-order valence-corrected chi connectivity index (χ1v) is 4.20. The van der Waals surface area contributed by atoms with Crippen LogP contribution in [0.1, 0.15) is 6.92 Å². The van der Waals surface area contributed by atoms with Crippen molar-refractivity contribution < 1.29 is 14.7 Å². The third-order valence-corrected chi connectivity index (χ3v) is 2.02. The van der Waals surface area contributed by atoms with Crippen LogP contribution in [0.15, 0.2) is 0 Å². The van der Waals surface area contributed by atoms with Gasteiger partial charge in [-0.25, -0.2) is 0 Å². The summed E-state index contributed by atoms with van der Waals surface area (Å²) in [6, 6.07) is -1.10. The lowest BCUT2D eigenvalue weighted by Gasteiger charge is -2.12. The maximum Gasteiger partial charge on any atom is 0.321 e. The number of hydrogen-bond acceptors (Lipinski definition) is 3. The summed E-state index contributed by atoms with van der Waals surface area (Å²) in [6.45, 7) is 1.50. The van der Waals surface area contributed by atoms with E-state index in [9.17, 15) is 9.59 Å². The first-order chi connectivity index (χ1) is 5.00. The molecule has 11 heavy (non-hydrogen) atoms. The SMILES string of the molecule is C[C@@H](C(=O)CBr)[C@H](N)C(=O)O. The lowest BCUT2D eigenvalue weighted by atomic mass is 9.99. The van der Waals surface area contributed by atoms with Gasteiger partial charge in [0, 0.05) is 5.92 Å². The van der Waals surface area contributed by atoms with Crippen molar-refractivity contribution in [1.82, 2.24) is 0 Å². The van der Waals surface area contributed by atoms with Crippen LogP contribution in [0.2, 0.25) is 0 Å². The smallest absolute Gasteiger partial charge is 0.321 e. The standard InChI is InChI=1S/C6H10BrNO3/c1-3(4(9)2-7)5(8)6(10)11/h3,5H,2,8H2,1H3,(H,10,11)/t3-,5-/m0/s1. The highest BCUT2D eigenvalue weighted by Gasteiger charge is 2.24. The molecule has 0 aliphatic rings. The van der Waals surface area contributed by atoms with Gasteiger partial charge in [0.2, 0.25) is 0 Å². The molecular weight excluding hydrogens is 214 g/mol. The Bertz CT molecular complexity index is 171. The van der Waals surface area contributed by atoms with E-state index in [2.05, 4.69) is 15.9 Å². The third-order valence-electron chi connectivity index (χ3n) is 1.46. The fourth-order valence-electron chi connectivity index (χ4n) is 0.536. The van der Waals surface area contributed by atoms with Crippen LogP contribution in [0.3, 0.4) is 0 Å². The van der Waals surface area contributed by atoms with E-state index in [0.29, 0.717) is 0 Å². The predicted molar refractivity (Wildman–Crippen MR) is 43.6 cm³/mol. The molecule has 0 aromatic carbocycles. The molecular formula is C6H10BrNO3. The molecule has 0 aliphatic heterocycles. The van der Waals surface area contributed by atoms with Crippen LogP contribution in [0.4, 0.5) is 0 Å². The number of Topliss-reactive ketones (excluding diaryl/α,β-unsaturated/α-hetero) is 1. The summed E-state index contributed by atoms with van der Waals surface area (Å²) in [6.07, 6.45) is 0. The number of carboxylic acid groups (broad SMARTS) is 1. The number of rotatable bonds is 4. The van der Waals surface area contributed by atoms with Crippen LogP contribution in [0, 0.1) is 5.92 Å². The van der Waals surface area contributed by atoms with Gasteiger partial charge in [-0.15, -0.1) is 0 Å². The third kappa shape index (κ3) is 2.98. The van der Waals surface area contributed by atoms with Crippen LogP contribution in [0.25, 0.3) is 0 Å². The Balaban J connectivity index is 4.12. The fraction of sp³-hybridized carbons (Fsp3) is 0.667. The molecule has 0 aromatic rings. The van der Waals surface area contributed by atoms with E-state index < -0.39 is 17.9 Å². The van der Waals surface area contributed by atoms with E-state index in [1.165, 1.54) is 6.92 Å². The van der Waals surface area contributed by atoms with E-state index >= 15 is 0 Å². The largest absolute Gasteiger partial charge is 0.480 e. The average molecular weight is 224 g/mol. The first kappa shape index (κ1) is 10.6. The number of halogens is 1. The molecule has 0 amide bonds. The predicted octanol–water partition coefficient (Wildman–Crippen LogP) is -0.00160. The van der Waals surface area contributed by atoms with Crippen LogP contribution in [-0.4, -0.2) is 28.2 Å². The molecule has 2 atom stereocenters. The monoisotopic (exact) mass is 223 g/mol. The molecule has 0 unspecified atom stereocenters. The van der Waals surface area contributed by atoms with Crippen molar-refractivity contribution in [2.45, 2.75) is 13.0 Å². The van der Waals surface area contributed by atoms with Gasteiger partial charge in [0.15, 0.2) is 0 Å². The summed E-state index contributed by atoms with van der Waals surface area (Å²) in [4.78, 5) is 21.1. The summed E-state index contributed by atoms with van der Waals surface area (Å²) in [5.41, 5.74) is 5.20. The Hall–Kier alpha value is -0.420. The second-order valence-corrected chi connectivity index (χ2v) is 2.81. The maximum absolute atomic E-state index is 10.9. The van der Waals surface area contributed by atoms with Crippen molar-refractivity contribution in [2.75, 3.05) is 5.33 Å². The molecule has 64 valence electrons. The van der Waals surface area contributed by atoms with E-state index in [-0.39, 0.29) is 11.1 Å². The summed E-state index contributed by atoms with van der Waals surface area (Å²) >= 11 is 2.93. The fourth-order valence-corrected chi connectivity index (χ4v) is 1.05. The van der Waals surface area contributed by atoms with Gasteiger partial charge < -0.3 is 10.8 Å². The number of alkyl halides is 1. The topological polar surface area (TPSA) is 80.4 Å². The van der Waals surface area contributed by atoms with Crippen LogP contribution < -0.4 is 5.73 Å². The Morgan fingerprint density at radius 2 is 2.09 bits per heavy atom. The number of carbonyl (C=O) groups excluding carboxylic acids is 1.